The van der Waals surface area contributed by atoms with Crippen LogP contribution in [-0.2, 0) is 14.3 Å². The van der Waals surface area contributed by atoms with Crippen molar-refractivity contribution in [2.75, 3.05) is 20.2 Å². The van der Waals surface area contributed by atoms with E-state index in [-0.39, 0.29) is 30.2 Å². The first-order valence-electron chi connectivity index (χ1n) is 14.9. The van der Waals surface area contributed by atoms with Crippen molar-refractivity contribution in [1.82, 2.24) is 25.5 Å². The summed E-state index contributed by atoms with van der Waals surface area (Å²) in [4.78, 5) is 47.9. The summed E-state index contributed by atoms with van der Waals surface area (Å²) in [6, 6.07) is 14.8. The minimum Gasteiger partial charge on any atom is -0.483 e. The van der Waals surface area contributed by atoms with Gasteiger partial charge in [-0.2, -0.15) is 0 Å². The van der Waals surface area contributed by atoms with Crippen LogP contribution in [0.5, 0.6) is 0 Å². The first kappa shape index (κ1) is 32.3. The molecule has 1 aliphatic heterocycles. The van der Waals surface area contributed by atoms with Crippen LogP contribution in [0.25, 0.3) is 22.4 Å². The van der Waals surface area contributed by atoms with Gasteiger partial charge in [0.2, 0.25) is 5.91 Å². The zero-order valence-corrected chi connectivity index (χ0v) is 26.4. The molecular formula is C34H43N5O5. The fourth-order valence-corrected chi connectivity index (χ4v) is 5.15. The Hall–Kier alpha value is -4.60. The lowest BCUT2D eigenvalue weighted by Gasteiger charge is -2.31. The number of carbonyl (C=O) groups is 3. The number of aromatic nitrogens is 2. The minimum absolute atomic E-state index is 0.00928. The van der Waals surface area contributed by atoms with Crippen molar-refractivity contribution in [2.24, 2.45) is 5.92 Å². The zero-order chi connectivity index (χ0) is 32.0. The van der Waals surface area contributed by atoms with E-state index in [0.717, 1.165) is 41.1 Å². The lowest BCUT2D eigenvalue weighted by atomic mass is 10.0. The van der Waals surface area contributed by atoms with Crippen LogP contribution < -0.4 is 10.6 Å². The highest BCUT2D eigenvalue weighted by Gasteiger charge is 2.37. The number of hydrogen-bond acceptors (Lipinski definition) is 7. The molecule has 0 aliphatic carbocycles. The molecule has 0 saturated carbocycles. The van der Waals surface area contributed by atoms with Crippen LogP contribution in [-0.4, -0.2) is 64.5 Å². The Bertz CT molecular complexity index is 1470. The second kappa shape index (κ2) is 13.8. The van der Waals surface area contributed by atoms with Crippen LogP contribution >= 0.6 is 0 Å². The van der Waals surface area contributed by atoms with Gasteiger partial charge in [0, 0.05) is 12.1 Å². The highest BCUT2D eigenvalue weighted by atomic mass is 16.6. The average Bonchev–Trinajstić information content (AvgIpc) is 3.68. The third-order valence-corrected chi connectivity index (χ3v) is 7.47. The molecule has 4 rings (SSSR count). The second-order valence-electron chi connectivity index (χ2n) is 12.3. The molecule has 10 heteroatoms. The fraction of sp³-hybridized carbons (Fsp3) is 0.412. The Morgan fingerprint density at radius 2 is 1.66 bits per heavy atom. The van der Waals surface area contributed by atoms with E-state index in [2.05, 4.69) is 27.2 Å². The van der Waals surface area contributed by atoms with Crippen LogP contribution in [0.2, 0.25) is 0 Å². The van der Waals surface area contributed by atoms with E-state index in [1.165, 1.54) is 7.11 Å². The second-order valence-corrected chi connectivity index (χ2v) is 12.3. The van der Waals surface area contributed by atoms with E-state index < -0.39 is 17.7 Å². The number of ketones is 1. The van der Waals surface area contributed by atoms with Gasteiger partial charge in [-0.05, 0) is 62.8 Å². The molecule has 2 amide bonds. The standard InChI is InChI=1S/C34H43N5O5/c1-21(2)30(37-22(3)43-7)32(41)39-18-8-9-28(39)31-35-19-27(38-31)25-14-10-23(11-15-25)24-12-16-26(17-13-24)29(40)20-36-33(42)44-34(4,5)6/h10-17,19,21,28,30,37H,3,8-9,18,20H2,1-2,4-7H3,(H,35,38)(H,36,42)/t28-,30-/m0/s1. The molecule has 2 aromatic carbocycles. The molecule has 1 fully saturated rings. The molecule has 2 heterocycles. The predicted octanol–water partition coefficient (Wildman–Crippen LogP) is 5.85. The molecule has 0 radical (unpaired) electrons. The molecule has 10 nitrogen and oxygen atoms in total. The van der Waals surface area contributed by atoms with Crippen LogP contribution in [0.15, 0.2) is 67.2 Å². The Balaban J connectivity index is 1.40. The number of hydrogen-bond donors (Lipinski definition) is 3. The summed E-state index contributed by atoms with van der Waals surface area (Å²) in [6.45, 7) is 13.7. The molecule has 0 spiro atoms. The van der Waals surface area contributed by atoms with Crippen molar-refractivity contribution in [1.29, 1.82) is 0 Å². The number of carbonyl (C=O) groups excluding carboxylic acids is 3. The van der Waals surface area contributed by atoms with E-state index in [1.54, 1.807) is 32.9 Å². The first-order valence-corrected chi connectivity index (χ1v) is 14.9. The van der Waals surface area contributed by atoms with Gasteiger partial charge in [0.05, 0.1) is 31.6 Å². The number of ether oxygens (including phenoxy) is 2. The number of nitrogens with zero attached hydrogens (tertiary/aromatic N) is 2. The number of methoxy groups -OCH3 is 1. The van der Waals surface area contributed by atoms with E-state index in [1.807, 2.05) is 61.3 Å². The highest BCUT2D eigenvalue weighted by Crippen LogP contribution is 2.33. The molecule has 0 bridgehead atoms. The number of alkyl carbamates (subject to hydrolysis) is 1. The average molecular weight is 602 g/mol. The maximum absolute atomic E-state index is 13.5. The number of imidazole rings is 1. The summed E-state index contributed by atoms with van der Waals surface area (Å²) in [5, 5.41) is 5.62. The molecule has 3 N–H and O–H groups in total. The summed E-state index contributed by atoms with van der Waals surface area (Å²) in [5.41, 5.74) is 3.68. The van der Waals surface area contributed by atoms with Gasteiger partial charge < -0.3 is 30.0 Å². The Kier molecular flexibility index (Phi) is 10.1. The number of likely N-dealkylation sites (tertiary alicyclic amines) is 1. The maximum Gasteiger partial charge on any atom is 0.408 e. The summed E-state index contributed by atoms with van der Waals surface area (Å²) < 4.78 is 10.3. The van der Waals surface area contributed by atoms with Gasteiger partial charge in [0.25, 0.3) is 0 Å². The van der Waals surface area contributed by atoms with Gasteiger partial charge in [-0.3, -0.25) is 9.59 Å². The number of nitrogens with one attached hydrogen (secondary N) is 3. The third kappa shape index (κ3) is 8.06. The molecule has 0 unspecified atom stereocenters. The van der Waals surface area contributed by atoms with Crippen LogP contribution in [0.3, 0.4) is 0 Å². The molecule has 3 aromatic rings. The Labute approximate surface area is 259 Å². The number of amides is 2. The van der Waals surface area contributed by atoms with E-state index >= 15 is 0 Å². The van der Waals surface area contributed by atoms with Crippen molar-refractivity contribution in [3.8, 4) is 22.4 Å². The maximum atomic E-state index is 13.5. The van der Waals surface area contributed by atoms with Gasteiger partial charge in [-0.15, -0.1) is 0 Å². The molecular weight excluding hydrogens is 558 g/mol. The number of rotatable bonds is 11. The lowest BCUT2D eigenvalue weighted by Crippen LogP contribution is -2.48. The summed E-state index contributed by atoms with van der Waals surface area (Å²) in [5.74, 6) is 0.999. The van der Waals surface area contributed by atoms with Gasteiger partial charge in [-0.25, -0.2) is 9.78 Å². The van der Waals surface area contributed by atoms with Crippen molar-refractivity contribution in [3.05, 3.63) is 78.6 Å². The molecule has 234 valence electrons. The SMILES string of the molecule is C=C(N[C@H](C(=O)N1CCC[C@H]1c1ncc(-c2ccc(-c3ccc(C(=O)CNC(=O)OC(C)(C)C)cc3)cc2)[nH]1)C(C)C)OC. The number of Topliss-reactive ketones (excluding diaryl/α,β-unsaturated/α-hetero) is 1. The van der Waals surface area contributed by atoms with Gasteiger partial charge in [0.15, 0.2) is 11.7 Å². The van der Waals surface area contributed by atoms with E-state index in [4.69, 9.17) is 9.47 Å². The van der Waals surface area contributed by atoms with Crippen molar-refractivity contribution >= 4 is 17.8 Å². The Morgan fingerprint density at radius 1 is 1.05 bits per heavy atom. The fourth-order valence-electron chi connectivity index (χ4n) is 5.15. The number of benzene rings is 2. The summed E-state index contributed by atoms with van der Waals surface area (Å²) >= 11 is 0. The van der Waals surface area contributed by atoms with Crippen LogP contribution in [0.1, 0.15) is 69.7 Å². The zero-order valence-electron chi connectivity index (χ0n) is 26.4. The summed E-state index contributed by atoms with van der Waals surface area (Å²) in [6.07, 6.45) is 2.93. The van der Waals surface area contributed by atoms with Crippen LogP contribution in [0, 0.1) is 5.92 Å². The quantitative estimate of drug-likeness (QED) is 0.186. The number of aromatic amines is 1. The van der Waals surface area contributed by atoms with Crippen LogP contribution in [0.4, 0.5) is 4.79 Å². The molecule has 1 saturated heterocycles. The third-order valence-electron chi connectivity index (χ3n) is 7.47. The van der Waals surface area contributed by atoms with Crippen molar-refractivity contribution < 1.29 is 23.9 Å². The van der Waals surface area contributed by atoms with E-state index in [0.29, 0.717) is 18.0 Å². The monoisotopic (exact) mass is 601 g/mol. The molecule has 2 atom stereocenters. The topological polar surface area (TPSA) is 126 Å². The first-order chi connectivity index (χ1) is 20.9. The molecule has 1 aromatic heterocycles. The number of H-pyrrole nitrogens is 1. The Morgan fingerprint density at radius 3 is 2.25 bits per heavy atom. The van der Waals surface area contributed by atoms with Crippen molar-refractivity contribution in [3.63, 3.8) is 0 Å². The largest absolute Gasteiger partial charge is 0.483 e. The van der Waals surface area contributed by atoms with Crippen molar-refractivity contribution in [2.45, 2.75) is 65.1 Å². The predicted molar refractivity (Wildman–Crippen MR) is 170 cm³/mol. The van der Waals surface area contributed by atoms with Gasteiger partial charge in [0.1, 0.15) is 17.5 Å². The summed E-state index contributed by atoms with van der Waals surface area (Å²) in [7, 11) is 1.53. The van der Waals surface area contributed by atoms with Gasteiger partial charge >= 0.3 is 6.09 Å². The minimum atomic E-state index is -0.627. The smallest absolute Gasteiger partial charge is 0.408 e. The normalized spacial score (nSPS) is 15.5. The van der Waals surface area contributed by atoms with Gasteiger partial charge in [-0.1, -0.05) is 62.4 Å². The lowest BCUT2D eigenvalue weighted by molar-refractivity contribution is -0.135. The highest BCUT2D eigenvalue weighted by molar-refractivity contribution is 5.99. The molecule has 1 aliphatic rings. The molecule has 44 heavy (non-hydrogen) atoms. The van der Waals surface area contributed by atoms with E-state index in [9.17, 15) is 14.4 Å².